The number of carboxylic acids is 1. The Labute approximate surface area is 132 Å². The van der Waals surface area contributed by atoms with Crippen LogP contribution in [-0.2, 0) is 24.2 Å². The average molecular weight is 316 g/mol. The van der Waals surface area contributed by atoms with Gasteiger partial charge in [-0.2, -0.15) is 0 Å². The first-order valence-corrected chi connectivity index (χ1v) is 8.07. The van der Waals surface area contributed by atoms with Crippen molar-refractivity contribution in [2.24, 2.45) is 0 Å². The average Bonchev–Trinajstić information content (AvgIpc) is 3.04. The zero-order valence-corrected chi connectivity index (χ0v) is 12.8. The number of aromatic nitrogens is 1. The third-order valence-corrected chi connectivity index (χ3v) is 4.53. The summed E-state index contributed by atoms with van der Waals surface area (Å²) in [7, 11) is 0. The molecular weight excluding hydrogens is 300 g/mol. The molecule has 2 aromatic rings. The van der Waals surface area contributed by atoms with Crippen LogP contribution in [0.2, 0.25) is 0 Å². The van der Waals surface area contributed by atoms with Gasteiger partial charge in [0.1, 0.15) is 0 Å². The van der Waals surface area contributed by atoms with E-state index in [-0.39, 0.29) is 11.5 Å². The first-order valence-electron chi connectivity index (χ1n) is 7.13. The Morgan fingerprint density at radius 3 is 2.91 bits per heavy atom. The molecule has 0 radical (unpaired) electrons. The number of aryl methyl sites for hydroxylation is 1. The minimum absolute atomic E-state index is 0.0966. The molecule has 0 spiro atoms. The molecule has 6 heteroatoms. The van der Waals surface area contributed by atoms with E-state index in [0.717, 1.165) is 23.2 Å². The first-order chi connectivity index (χ1) is 10.6. The second-order valence-corrected chi connectivity index (χ2v) is 6.05. The molecular formula is C16H16N2O3S. The molecule has 3 rings (SSSR count). The number of aromatic carboxylic acids is 1. The maximum atomic E-state index is 12.3. The van der Waals surface area contributed by atoms with Gasteiger partial charge in [0.15, 0.2) is 0 Å². The summed E-state index contributed by atoms with van der Waals surface area (Å²) >= 11 is 1.53. The molecule has 1 N–H and O–H groups in total. The molecule has 0 fully saturated rings. The van der Waals surface area contributed by atoms with Crippen LogP contribution in [0.15, 0.2) is 29.1 Å². The molecule has 22 heavy (non-hydrogen) atoms. The fraction of sp³-hybridized carbons (Fsp3) is 0.312. The van der Waals surface area contributed by atoms with E-state index in [2.05, 4.69) is 4.98 Å². The van der Waals surface area contributed by atoms with Crippen LogP contribution in [0.25, 0.3) is 0 Å². The summed E-state index contributed by atoms with van der Waals surface area (Å²) in [5, 5.41) is 11.0. The number of amides is 1. The lowest BCUT2D eigenvalue weighted by molar-refractivity contribution is -0.132. The van der Waals surface area contributed by atoms with Crippen LogP contribution in [0, 0.1) is 0 Å². The molecule has 1 aromatic carbocycles. The lowest BCUT2D eigenvalue weighted by Gasteiger charge is -2.29. The van der Waals surface area contributed by atoms with E-state index in [1.54, 1.807) is 22.5 Å². The lowest BCUT2D eigenvalue weighted by atomic mass is 9.97. The number of fused-ring (bicyclic) bond motifs is 1. The Balaban J connectivity index is 1.66. The molecule has 1 aliphatic heterocycles. The number of thiazole rings is 1. The van der Waals surface area contributed by atoms with Crippen molar-refractivity contribution in [2.45, 2.75) is 25.8 Å². The van der Waals surface area contributed by atoms with E-state index in [9.17, 15) is 9.59 Å². The molecule has 1 amide bonds. The molecule has 0 saturated heterocycles. The maximum absolute atomic E-state index is 12.3. The zero-order valence-electron chi connectivity index (χ0n) is 12.0. The Kier molecular flexibility index (Phi) is 4.20. The fourth-order valence-electron chi connectivity index (χ4n) is 2.66. The van der Waals surface area contributed by atoms with Gasteiger partial charge in [0, 0.05) is 24.9 Å². The number of hydrogen-bond acceptors (Lipinski definition) is 4. The van der Waals surface area contributed by atoms with Crippen molar-refractivity contribution in [3.8, 4) is 0 Å². The minimum Gasteiger partial charge on any atom is -0.478 e. The number of carbonyl (C=O) groups is 2. The predicted molar refractivity (Wildman–Crippen MR) is 83.0 cm³/mol. The Bertz CT molecular complexity index is 697. The van der Waals surface area contributed by atoms with Crippen molar-refractivity contribution >= 4 is 23.2 Å². The molecule has 0 aliphatic carbocycles. The summed E-state index contributed by atoms with van der Waals surface area (Å²) in [6, 6.07) is 5.16. The number of rotatable bonds is 4. The van der Waals surface area contributed by atoms with Gasteiger partial charge in [-0.3, -0.25) is 4.79 Å². The predicted octanol–water partition coefficient (Wildman–Crippen LogP) is 2.36. The van der Waals surface area contributed by atoms with Gasteiger partial charge in [-0.15, -0.1) is 11.3 Å². The Morgan fingerprint density at radius 1 is 1.32 bits per heavy atom. The third-order valence-electron chi connectivity index (χ3n) is 3.90. The Morgan fingerprint density at radius 2 is 2.18 bits per heavy atom. The summed E-state index contributed by atoms with van der Waals surface area (Å²) < 4.78 is 0. The van der Waals surface area contributed by atoms with Crippen molar-refractivity contribution in [2.75, 3.05) is 6.54 Å². The van der Waals surface area contributed by atoms with Crippen LogP contribution in [0.1, 0.15) is 33.6 Å². The second kappa shape index (κ2) is 6.27. The van der Waals surface area contributed by atoms with Gasteiger partial charge >= 0.3 is 5.97 Å². The molecule has 114 valence electrons. The summed E-state index contributed by atoms with van der Waals surface area (Å²) in [6.45, 7) is 1.18. The first kappa shape index (κ1) is 14.7. The largest absolute Gasteiger partial charge is 0.478 e. The normalized spacial score (nSPS) is 13.7. The molecule has 2 heterocycles. The molecule has 1 aliphatic rings. The quantitative estimate of drug-likeness (QED) is 0.940. The number of hydrogen-bond donors (Lipinski definition) is 1. The van der Waals surface area contributed by atoms with Crippen LogP contribution < -0.4 is 0 Å². The molecule has 5 nitrogen and oxygen atoms in total. The van der Waals surface area contributed by atoms with Gasteiger partial charge in [-0.05, 0) is 36.1 Å². The molecule has 0 unspecified atom stereocenters. The fourth-order valence-corrected chi connectivity index (χ4v) is 3.25. The van der Waals surface area contributed by atoms with Crippen LogP contribution in [0.4, 0.5) is 0 Å². The topological polar surface area (TPSA) is 70.5 Å². The van der Waals surface area contributed by atoms with Crippen molar-refractivity contribution in [3.63, 3.8) is 0 Å². The standard InChI is InChI=1S/C16H16N2O3S/c19-15(4-3-14-9-22-10-17-14)18-6-5-11-1-2-12(16(20)21)7-13(11)8-18/h1-2,7,9-10H,3-6,8H2,(H,20,21). The molecule has 0 atom stereocenters. The third kappa shape index (κ3) is 3.17. The van der Waals surface area contributed by atoms with Gasteiger partial charge in [0.25, 0.3) is 0 Å². The SMILES string of the molecule is O=C(O)c1ccc2c(c1)CN(C(=O)CCc1cscn1)CC2. The molecule has 1 aromatic heterocycles. The highest BCUT2D eigenvalue weighted by molar-refractivity contribution is 7.07. The van der Waals surface area contributed by atoms with Crippen LogP contribution in [0.5, 0.6) is 0 Å². The number of nitrogens with zero attached hydrogens (tertiary/aromatic N) is 2. The van der Waals surface area contributed by atoms with Gasteiger partial charge in [-0.25, -0.2) is 9.78 Å². The molecule has 0 bridgehead atoms. The van der Waals surface area contributed by atoms with E-state index in [4.69, 9.17) is 5.11 Å². The van der Waals surface area contributed by atoms with Crippen LogP contribution in [-0.4, -0.2) is 33.4 Å². The number of carboxylic acid groups (broad SMARTS) is 1. The summed E-state index contributed by atoms with van der Waals surface area (Å²) in [6.07, 6.45) is 1.87. The highest BCUT2D eigenvalue weighted by Crippen LogP contribution is 2.21. The highest BCUT2D eigenvalue weighted by atomic mass is 32.1. The van der Waals surface area contributed by atoms with Gasteiger partial charge in [0.05, 0.1) is 16.8 Å². The van der Waals surface area contributed by atoms with Crippen molar-refractivity contribution in [3.05, 3.63) is 51.5 Å². The van der Waals surface area contributed by atoms with E-state index in [0.29, 0.717) is 25.9 Å². The van der Waals surface area contributed by atoms with E-state index in [1.807, 2.05) is 11.4 Å². The lowest BCUT2D eigenvalue weighted by Crippen LogP contribution is -2.36. The van der Waals surface area contributed by atoms with Crippen molar-refractivity contribution < 1.29 is 14.7 Å². The minimum atomic E-state index is -0.935. The number of carbonyl (C=O) groups excluding carboxylic acids is 1. The summed E-state index contributed by atoms with van der Waals surface area (Å²) in [5.74, 6) is -0.839. The van der Waals surface area contributed by atoms with E-state index in [1.165, 1.54) is 11.3 Å². The van der Waals surface area contributed by atoms with Gasteiger partial charge in [0.2, 0.25) is 5.91 Å². The smallest absolute Gasteiger partial charge is 0.335 e. The monoisotopic (exact) mass is 316 g/mol. The second-order valence-electron chi connectivity index (χ2n) is 5.33. The van der Waals surface area contributed by atoms with Gasteiger partial charge in [-0.1, -0.05) is 6.07 Å². The van der Waals surface area contributed by atoms with Gasteiger partial charge < -0.3 is 10.0 Å². The van der Waals surface area contributed by atoms with Crippen LogP contribution in [0.3, 0.4) is 0 Å². The van der Waals surface area contributed by atoms with Crippen molar-refractivity contribution in [1.82, 2.24) is 9.88 Å². The summed E-state index contributed by atoms with van der Waals surface area (Å²) in [5.41, 5.74) is 5.06. The van der Waals surface area contributed by atoms with E-state index < -0.39 is 5.97 Å². The summed E-state index contributed by atoms with van der Waals surface area (Å²) in [4.78, 5) is 29.3. The number of benzene rings is 1. The van der Waals surface area contributed by atoms with Crippen LogP contribution >= 0.6 is 11.3 Å². The van der Waals surface area contributed by atoms with Crippen molar-refractivity contribution in [1.29, 1.82) is 0 Å². The maximum Gasteiger partial charge on any atom is 0.335 e. The Hall–Kier alpha value is -2.21. The highest BCUT2D eigenvalue weighted by Gasteiger charge is 2.21. The van der Waals surface area contributed by atoms with E-state index >= 15 is 0 Å². The molecule has 0 saturated carbocycles. The zero-order chi connectivity index (χ0) is 15.5.